The van der Waals surface area contributed by atoms with Crippen molar-refractivity contribution in [2.45, 2.75) is 13.0 Å². The molecule has 0 aliphatic rings. The number of ether oxygens (including phenoxy) is 1. The molecule has 0 saturated carbocycles. The van der Waals surface area contributed by atoms with Crippen LogP contribution in [0.2, 0.25) is 0 Å². The molecular formula is C21H19N5O4. The van der Waals surface area contributed by atoms with Crippen LogP contribution in [-0.2, 0) is 4.74 Å². The number of benzene rings is 2. The SMILES string of the molecule is COC(=O)c1cc2cc(NC(=O)NC(C)c3ccc(-n4cncn4)cc3)ccc2o1. The summed E-state index contributed by atoms with van der Waals surface area (Å²) in [6, 6.07) is 13.8. The van der Waals surface area contributed by atoms with E-state index in [1.54, 1.807) is 35.3 Å². The molecule has 2 heterocycles. The van der Waals surface area contributed by atoms with Crippen LogP contribution >= 0.6 is 0 Å². The Morgan fingerprint density at radius 3 is 2.63 bits per heavy atom. The zero-order chi connectivity index (χ0) is 21.1. The third-order valence-corrected chi connectivity index (χ3v) is 4.58. The van der Waals surface area contributed by atoms with E-state index in [4.69, 9.17) is 4.42 Å². The maximum absolute atomic E-state index is 12.4. The zero-order valence-corrected chi connectivity index (χ0v) is 16.3. The maximum atomic E-state index is 12.4. The summed E-state index contributed by atoms with van der Waals surface area (Å²) >= 11 is 0. The molecule has 0 bridgehead atoms. The molecule has 2 amide bonds. The average Bonchev–Trinajstić information content (AvgIpc) is 3.43. The quantitative estimate of drug-likeness (QED) is 0.490. The summed E-state index contributed by atoms with van der Waals surface area (Å²) in [5.41, 5.74) is 2.93. The van der Waals surface area contributed by atoms with Gasteiger partial charge in [0.05, 0.1) is 18.8 Å². The van der Waals surface area contributed by atoms with E-state index in [1.165, 1.54) is 13.4 Å². The Balaban J connectivity index is 1.40. The van der Waals surface area contributed by atoms with Crippen molar-refractivity contribution in [3.05, 3.63) is 72.5 Å². The van der Waals surface area contributed by atoms with Crippen LogP contribution < -0.4 is 10.6 Å². The highest BCUT2D eigenvalue weighted by Gasteiger charge is 2.14. The summed E-state index contributed by atoms with van der Waals surface area (Å²) in [4.78, 5) is 27.9. The molecule has 4 rings (SSSR count). The molecule has 0 fully saturated rings. The molecule has 152 valence electrons. The molecule has 1 unspecified atom stereocenters. The first-order valence-corrected chi connectivity index (χ1v) is 9.18. The van der Waals surface area contributed by atoms with Gasteiger partial charge in [-0.05, 0) is 48.9 Å². The molecule has 30 heavy (non-hydrogen) atoms. The Bertz CT molecular complexity index is 1180. The molecular weight excluding hydrogens is 386 g/mol. The van der Waals surface area contributed by atoms with Crippen molar-refractivity contribution >= 4 is 28.7 Å². The third kappa shape index (κ3) is 4.00. The topological polar surface area (TPSA) is 111 Å². The fraction of sp³-hybridized carbons (Fsp3) is 0.143. The van der Waals surface area contributed by atoms with E-state index >= 15 is 0 Å². The number of urea groups is 1. The number of carbonyl (C=O) groups is 2. The summed E-state index contributed by atoms with van der Waals surface area (Å²) in [7, 11) is 1.29. The first-order chi connectivity index (χ1) is 14.5. The normalized spacial score (nSPS) is 11.8. The smallest absolute Gasteiger partial charge is 0.373 e. The van der Waals surface area contributed by atoms with Crippen molar-refractivity contribution in [1.29, 1.82) is 0 Å². The molecule has 2 N–H and O–H groups in total. The first-order valence-electron chi connectivity index (χ1n) is 9.18. The van der Waals surface area contributed by atoms with Gasteiger partial charge in [-0.1, -0.05) is 12.1 Å². The van der Waals surface area contributed by atoms with Crippen molar-refractivity contribution in [3.63, 3.8) is 0 Å². The molecule has 4 aromatic rings. The zero-order valence-electron chi connectivity index (χ0n) is 16.3. The minimum atomic E-state index is -0.554. The fourth-order valence-corrected chi connectivity index (χ4v) is 3.03. The van der Waals surface area contributed by atoms with Crippen LogP contribution in [0.25, 0.3) is 16.7 Å². The number of hydrogen-bond donors (Lipinski definition) is 2. The van der Waals surface area contributed by atoms with Gasteiger partial charge >= 0.3 is 12.0 Å². The lowest BCUT2D eigenvalue weighted by molar-refractivity contribution is 0.0567. The number of nitrogens with zero attached hydrogens (tertiary/aromatic N) is 3. The molecule has 2 aromatic heterocycles. The Hall–Kier alpha value is -4.14. The lowest BCUT2D eigenvalue weighted by Gasteiger charge is -2.15. The Labute approximate surface area is 171 Å². The van der Waals surface area contributed by atoms with Crippen LogP contribution in [0.5, 0.6) is 0 Å². The van der Waals surface area contributed by atoms with E-state index in [0.29, 0.717) is 16.7 Å². The summed E-state index contributed by atoms with van der Waals surface area (Å²) in [6.45, 7) is 1.89. The third-order valence-electron chi connectivity index (χ3n) is 4.58. The maximum Gasteiger partial charge on any atom is 0.373 e. The summed E-state index contributed by atoms with van der Waals surface area (Å²) < 4.78 is 11.7. The molecule has 2 aromatic carbocycles. The number of hydrogen-bond acceptors (Lipinski definition) is 6. The van der Waals surface area contributed by atoms with Crippen LogP contribution in [0.15, 0.2) is 65.6 Å². The van der Waals surface area contributed by atoms with Crippen LogP contribution in [-0.4, -0.2) is 33.9 Å². The van der Waals surface area contributed by atoms with Crippen molar-refractivity contribution in [2.75, 3.05) is 12.4 Å². The second kappa shape index (κ2) is 8.08. The van der Waals surface area contributed by atoms with E-state index in [-0.39, 0.29) is 17.8 Å². The van der Waals surface area contributed by atoms with Crippen LogP contribution in [0.3, 0.4) is 0 Å². The van der Waals surface area contributed by atoms with Crippen LogP contribution in [0, 0.1) is 0 Å². The van der Waals surface area contributed by atoms with Gasteiger partial charge < -0.3 is 19.8 Å². The minimum Gasteiger partial charge on any atom is -0.463 e. The monoisotopic (exact) mass is 405 g/mol. The van der Waals surface area contributed by atoms with Gasteiger partial charge in [0.2, 0.25) is 5.76 Å². The molecule has 9 heteroatoms. The van der Waals surface area contributed by atoms with Crippen LogP contribution in [0.1, 0.15) is 29.1 Å². The van der Waals surface area contributed by atoms with Gasteiger partial charge in [0.1, 0.15) is 18.2 Å². The number of furan rings is 1. The highest BCUT2D eigenvalue weighted by atomic mass is 16.5. The first kappa shape index (κ1) is 19.2. The van der Waals surface area contributed by atoms with Gasteiger partial charge in [-0.2, -0.15) is 5.10 Å². The summed E-state index contributed by atoms with van der Waals surface area (Å²) in [6.07, 6.45) is 3.09. The van der Waals surface area contributed by atoms with Crippen molar-refractivity contribution < 1.29 is 18.7 Å². The number of amides is 2. The number of methoxy groups -OCH3 is 1. The van der Waals surface area contributed by atoms with Gasteiger partial charge in [0.15, 0.2) is 0 Å². The second-order valence-corrected chi connectivity index (χ2v) is 6.61. The van der Waals surface area contributed by atoms with E-state index in [2.05, 4.69) is 25.5 Å². The van der Waals surface area contributed by atoms with E-state index < -0.39 is 5.97 Å². The molecule has 9 nitrogen and oxygen atoms in total. The molecule has 0 spiro atoms. The highest BCUT2D eigenvalue weighted by Crippen LogP contribution is 2.24. The molecule has 0 radical (unpaired) electrons. The van der Waals surface area contributed by atoms with Gasteiger partial charge in [-0.3, -0.25) is 0 Å². The van der Waals surface area contributed by atoms with Crippen molar-refractivity contribution in [2.24, 2.45) is 0 Å². The Morgan fingerprint density at radius 1 is 1.13 bits per heavy atom. The molecule has 0 aliphatic carbocycles. The van der Waals surface area contributed by atoms with Gasteiger partial charge in [-0.25, -0.2) is 19.3 Å². The number of carbonyl (C=O) groups excluding carboxylic acids is 2. The second-order valence-electron chi connectivity index (χ2n) is 6.61. The predicted molar refractivity (Wildman–Crippen MR) is 109 cm³/mol. The number of aromatic nitrogens is 3. The summed E-state index contributed by atoms with van der Waals surface area (Å²) in [5.74, 6) is -0.445. The summed E-state index contributed by atoms with van der Waals surface area (Å²) in [5, 5.41) is 10.5. The lowest BCUT2D eigenvalue weighted by atomic mass is 10.1. The number of anilines is 1. The van der Waals surface area contributed by atoms with E-state index in [9.17, 15) is 9.59 Å². The largest absolute Gasteiger partial charge is 0.463 e. The Morgan fingerprint density at radius 2 is 1.93 bits per heavy atom. The van der Waals surface area contributed by atoms with Crippen molar-refractivity contribution in [3.8, 4) is 5.69 Å². The van der Waals surface area contributed by atoms with Crippen molar-refractivity contribution in [1.82, 2.24) is 20.1 Å². The number of fused-ring (bicyclic) bond motifs is 1. The number of esters is 1. The average molecular weight is 405 g/mol. The standard InChI is InChI=1S/C21H19N5O4/c1-13(14-3-6-17(7-4-14)26-12-22-11-23-26)24-21(28)25-16-5-8-18-15(9-16)10-19(30-18)20(27)29-2/h3-13H,1-2H3,(H2,24,25,28). The minimum absolute atomic E-state index is 0.108. The van der Waals surface area contributed by atoms with Gasteiger partial charge in [0, 0.05) is 11.1 Å². The van der Waals surface area contributed by atoms with Crippen LogP contribution in [0.4, 0.5) is 10.5 Å². The van der Waals surface area contributed by atoms with Gasteiger partial charge in [-0.15, -0.1) is 0 Å². The van der Waals surface area contributed by atoms with Gasteiger partial charge in [0.25, 0.3) is 0 Å². The molecule has 1 atom stereocenters. The molecule has 0 saturated heterocycles. The van der Waals surface area contributed by atoms with E-state index in [1.807, 2.05) is 31.2 Å². The fourth-order valence-electron chi connectivity index (χ4n) is 3.03. The number of nitrogens with one attached hydrogen (secondary N) is 2. The molecule has 0 aliphatic heterocycles. The highest BCUT2D eigenvalue weighted by molar-refractivity contribution is 5.96. The predicted octanol–water partition coefficient (Wildman–Crippen LogP) is 3.68. The lowest BCUT2D eigenvalue weighted by Crippen LogP contribution is -2.31. The Kier molecular flexibility index (Phi) is 5.17. The van der Waals surface area contributed by atoms with E-state index in [0.717, 1.165) is 11.3 Å². The number of rotatable bonds is 5.